The molecule has 0 aromatic heterocycles. The monoisotopic (exact) mass is 760 g/mol. The van der Waals surface area contributed by atoms with Gasteiger partial charge in [0.2, 0.25) is 5.91 Å². The predicted octanol–water partition coefficient (Wildman–Crippen LogP) is 8.99. The second-order valence-electron chi connectivity index (χ2n) is 21.9. The number of hydrogen-bond donors (Lipinski definition) is 1. The summed E-state index contributed by atoms with van der Waals surface area (Å²) in [6, 6.07) is 0. The van der Waals surface area contributed by atoms with E-state index in [4.69, 9.17) is 4.74 Å². The predicted molar refractivity (Wildman–Crippen MR) is 219 cm³/mol. The zero-order valence-corrected chi connectivity index (χ0v) is 35.9. The van der Waals surface area contributed by atoms with Crippen LogP contribution < -0.4 is 0 Å². The van der Waals surface area contributed by atoms with Crippen LogP contribution in [0.5, 0.6) is 0 Å². The van der Waals surface area contributed by atoms with Crippen molar-refractivity contribution >= 4 is 23.6 Å². The number of piperazine rings is 1. The Labute approximate surface area is 332 Å². The molecule has 5 aliphatic carbocycles. The minimum Gasteiger partial charge on any atom is -0.481 e. The molecule has 10 atom stereocenters. The molecule has 7 rings (SSSR count). The lowest BCUT2D eigenvalue weighted by molar-refractivity contribution is -0.250. The topological polar surface area (TPSA) is 99.5 Å². The number of carboxylic acid groups (broad SMARTS) is 1. The number of carbonyl (C=O) groups excluding carboxylic acids is 2. The molecule has 0 radical (unpaired) electrons. The second kappa shape index (κ2) is 14.1. The van der Waals surface area contributed by atoms with Crippen molar-refractivity contribution in [3.63, 3.8) is 0 Å². The highest BCUT2D eigenvalue weighted by Gasteiger charge is 2.71. The molecule has 8 nitrogen and oxygen atoms in total. The van der Waals surface area contributed by atoms with Crippen molar-refractivity contribution in [1.29, 1.82) is 0 Å². The number of rotatable bonds is 9. The van der Waals surface area contributed by atoms with E-state index in [-0.39, 0.29) is 45.6 Å². The van der Waals surface area contributed by atoms with Crippen molar-refractivity contribution < 1.29 is 24.2 Å². The normalized spacial score (nSPS) is 41.2. The number of fused-ring (bicyclic) bond motifs is 7. The van der Waals surface area contributed by atoms with Gasteiger partial charge in [0.25, 0.3) is 0 Å². The summed E-state index contributed by atoms with van der Waals surface area (Å²) >= 11 is 0. The molecule has 5 saturated carbocycles. The van der Waals surface area contributed by atoms with Crippen LogP contribution in [0.1, 0.15) is 139 Å². The van der Waals surface area contributed by atoms with Gasteiger partial charge in [-0.3, -0.25) is 24.3 Å². The molecule has 0 bridgehead atoms. The molecule has 2 heterocycles. The molecule has 1 N–H and O–H groups in total. The molecule has 1 amide bonds. The number of esters is 1. The number of ether oxygens (including phenoxy) is 1. The number of allylic oxidation sites excluding steroid dienone is 1. The van der Waals surface area contributed by atoms with Gasteiger partial charge in [-0.15, -0.1) is 0 Å². The zero-order chi connectivity index (χ0) is 39.9. The Kier molecular flexibility index (Phi) is 10.4. The van der Waals surface area contributed by atoms with Crippen molar-refractivity contribution in [1.82, 2.24) is 9.80 Å². The van der Waals surface area contributed by atoms with Crippen LogP contribution in [0.2, 0.25) is 0 Å². The van der Waals surface area contributed by atoms with Crippen LogP contribution in [0.4, 0.5) is 0 Å². The average molecular weight is 760 g/mol. The van der Waals surface area contributed by atoms with E-state index in [0.717, 1.165) is 71.4 Å². The van der Waals surface area contributed by atoms with Crippen molar-refractivity contribution in [3.05, 3.63) is 23.8 Å². The van der Waals surface area contributed by atoms with Crippen LogP contribution in [-0.2, 0) is 19.1 Å². The van der Waals surface area contributed by atoms with Crippen LogP contribution in [0.15, 0.2) is 28.8 Å². The molecule has 306 valence electrons. The summed E-state index contributed by atoms with van der Waals surface area (Å²) in [5.41, 5.74) is 3.09. The van der Waals surface area contributed by atoms with E-state index in [1.807, 2.05) is 0 Å². The SMILES string of the molecule is C=C(C)[C@@H]1CC[C@]2(CC(=O)N3CCN(CC4=NCC(C)=C4)CC3)CC[C@]3(C)[C@H](CC[C@@H]4[C@@]5(C)CC[C@H](OC(=O)CC(C)(C)C(=O)O)C(C)(C)[C@@H]5CC[C@]43C)[C@@H]12. The molecule has 7 aliphatic rings. The number of amides is 1. The van der Waals surface area contributed by atoms with Gasteiger partial charge in [-0.2, -0.15) is 0 Å². The van der Waals surface area contributed by atoms with Crippen molar-refractivity contribution in [3.8, 4) is 0 Å². The van der Waals surface area contributed by atoms with Gasteiger partial charge < -0.3 is 14.7 Å². The van der Waals surface area contributed by atoms with E-state index in [1.54, 1.807) is 13.8 Å². The molecule has 0 aromatic rings. The van der Waals surface area contributed by atoms with E-state index >= 15 is 0 Å². The molecule has 0 spiro atoms. The molecule has 0 aromatic carbocycles. The third kappa shape index (κ3) is 6.68. The number of aliphatic carboxylic acids is 1. The fourth-order valence-corrected chi connectivity index (χ4v) is 14.9. The fourth-order valence-electron chi connectivity index (χ4n) is 14.9. The minimum absolute atomic E-state index is 0.0618. The lowest BCUT2D eigenvalue weighted by atomic mass is 9.32. The first-order chi connectivity index (χ1) is 25.7. The van der Waals surface area contributed by atoms with Crippen LogP contribution in [-0.4, -0.2) is 83.8 Å². The summed E-state index contributed by atoms with van der Waals surface area (Å²) in [4.78, 5) is 48.6. The highest BCUT2D eigenvalue weighted by atomic mass is 16.5. The zero-order valence-electron chi connectivity index (χ0n) is 35.9. The van der Waals surface area contributed by atoms with E-state index in [0.29, 0.717) is 41.9 Å². The van der Waals surface area contributed by atoms with Gasteiger partial charge in [0.1, 0.15) is 6.10 Å². The Bertz CT molecular complexity index is 1640. The minimum atomic E-state index is -1.14. The smallest absolute Gasteiger partial charge is 0.309 e. The first-order valence-electron chi connectivity index (χ1n) is 22.0. The van der Waals surface area contributed by atoms with Gasteiger partial charge in [0, 0.05) is 50.3 Å². The molecule has 8 heteroatoms. The fraction of sp³-hybridized carbons (Fsp3) is 0.830. The second-order valence-corrected chi connectivity index (χ2v) is 21.9. The number of hydrogen-bond acceptors (Lipinski definition) is 6. The van der Waals surface area contributed by atoms with Gasteiger partial charge >= 0.3 is 11.9 Å². The number of aliphatic imine (C=N–C) groups is 1. The molecule has 1 saturated heterocycles. The highest BCUT2D eigenvalue weighted by molar-refractivity contribution is 5.99. The molecular formula is C47H73N3O5. The first kappa shape index (κ1) is 40.7. The largest absolute Gasteiger partial charge is 0.481 e. The molecule has 6 fully saturated rings. The molecular weight excluding hydrogens is 687 g/mol. The summed E-state index contributed by atoms with van der Waals surface area (Å²) in [6.07, 6.45) is 13.9. The van der Waals surface area contributed by atoms with E-state index in [9.17, 15) is 19.5 Å². The molecule has 55 heavy (non-hydrogen) atoms. The van der Waals surface area contributed by atoms with Crippen molar-refractivity contribution in [2.45, 2.75) is 145 Å². The maximum Gasteiger partial charge on any atom is 0.309 e. The summed E-state index contributed by atoms with van der Waals surface area (Å²) in [7, 11) is 0. The maximum absolute atomic E-state index is 14.4. The summed E-state index contributed by atoms with van der Waals surface area (Å²) in [5, 5.41) is 9.64. The van der Waals surface area contributed by atoms with Gasteiger partial charge in [0.15, 0.2) is 0 Å². The van der Waals surface area contributed by atoms with Gasteiger partial charge in [-0.25, -0.2) is 0 Å². The molecule has 0 unspecified atom stereocenters. The van der Waals surface area contributed by atoms with E-state index < -0.39 is 11.4 Å². The molecule has 2 aliphatic heterocycles. The Hall–Kier alpha value is -2.48. The van der Waals surface area contributed by atoms with Gasteiger partial charge in [0.05, 0.1) is 18.4 Å². The Morgan fingerprint density at radius 1 is 0.909 bits per heavy atom. The summed E-state index contributed by atoms with van der Waals surface area (Å²) in [5.74, 6) is 1.62. The third-order valence-electron chi connectivity index (χ3n) is 18.2. The first-order valence-corrected chi connectivity index (χ1v) is 22.0. The van der Waals surface area contributed by atoms with Crippen molar-refractivity contribution in [2.75, 3.05) is 39.3 Å². The Balaban J connectivity index is 1.07. The number of carbonyl (C=O) groups is 3. The number of nitrogens with zero attached hydrogens (tertiary/aromatic N) is 3. The maximum atomic E-state index is 14.4. The lowest BCUT2D eigenvalue weighted by Crippen LogP contribution is -2.67. The van der Waals surface area contributed by atoms with Crippen LogP contribution in [0.3, 0.4) is 0 Å². The quantitative estimate of drug-likeness (QED) is 0.186. The summed E-state index contributed by atoms with van der Waals surface area (Å²) < 4.78 is 6.21. The van der Waals surface area contributed by atoms with E-state index in [2.05, 4.69) is 75.9 Å². The van der Waals surface area contributed by atoms with E-state index in [1.165, 1.54) is 49.0 Å². The third-order valence-corrected chi connectivity index (χ3v) is 18.2. The van der Waals surface area contributed by atoms with Crippen LogP contribution >= 0.6 is 0 Å². The highest BCUT2D eigenvalue weighted by Crippen LogP contribution is 2.78. The van der Waals surface area contributed by atoms with Crippen LogP contribution in [0.25, 0.3) is 0 Å². The van der Waals surface area contributed by atoms with Gasteiger partial charge in [-0.1, -0.05) is 52.3 Å². The lowest BCUT2D eigenvalue weighted by Gasteiger charge is -2.73. The Morgan fingerprint density at radius 3 is 2.25 bits per heavy atom. The van der Waals surface area contributed by atoms with Crippen molar-refractivity contribution in [2.24, 2.45) is 67.1 Å². The average Bonchev–Trinajstić information content (AvgIpc) is 3.69. The standard InChI is InChI=1S/C47H73N3O5/c1-30(2)33-13-18-47(26-38(51)50-23-21-49(22-24-50)29-32-25-31(3)28-48-32)20-19-45(9)34(40(33)47)11-12-36-44(8)16-15-37(55-39(52)27-42(4,5)41(53)54)43(6,7)35(44)14-17-46(36,45)10/h25,33-37,40H,1,11-24,26-29H2,2-10H3,(H,53,54)/t33-,34+,35-,36+,37-,40+,44-,45+,46+,47+/m0/s1. The Morgan fingerprint density at radius 2 is 1.62 bits per heavy atom. The van der Waals surface area contributed by atoms with Crippen LogP contribution in [0, 0.1) is 62.1 Å². The summed E-state index contributed by atoms with van der Waals surface area (Å²) in [6.45, 7) is 29.9. The van der Waals surface area contributed by atoms with Gasteiger partial charge in [-0.05, 0) is 149 Å². The number of carboxylic acids is 1.